The number of hydrogen-bond acceptors (Lipinski definition) is 1. The molecule has 0 aromatic heterocycles. The van der Waals surface area contributed by atoms with Crippen molar-refractivity contribution in [1.82, 2.24) is 0 Å². The van der Waals surface area contributed by atoms with Gasteiger partial charge in [0.1, 0.15) is 5.78 Å². The molecule has 0 spiro atoms. The molecule has 62 valence electrons. The first-order chi connectivity index (χ1) is 4.97. The van der Waals surface area contributed by atoms with Crippen LogP contribution in [0.2, 0.25) is 0 Å². The van der Waals surface area contributed by atoms with Crippen LogP contribution in [-0.4, -0.2) is 5.78 Å². The lowest BCUT2D eigenvalue weighted by molar-refractivity contribution is -0.127. The van der Waals surface area contributed by atoms with Crippen LogP contribution in [0.5, 0.6) is 0 Å². The summed E-state index contributed by atoms with van der Waals surface area (Å²) in [4.78, 5) is 11.3. The molecule has 1 aliphatic carbocycles. The SMILES string of the molecule is C=C1C[C@H](C)[C@](C)(C(C)=O)C1. The molecule has 0 aromatic rings. The molecule has 1 saturated carbocycles. The van der Waals surface area contributed by atoms with Gasteiger partial charge < -0.3 is 0 Å². The average Bonchev–Trinajstić information content (AvgIpc) is 2.08. The first-order valence-corrected chi connectivity index (χ1v) is 4.14. The lowest BCUT2D eigenvalue weighted by Gasteiger charge is -2.24. The predicted molar refractivity (Wildman–Crippen MR) is 46.3 cm³/mol. The summed E-state index contributed by atoms with van der Waals surface area (Å²) in [6.07, 6.45) is 1.92. The van der Waals surface area contributed by atoms with E-state index in [1.165, 1.54) is 5.57 Å². The Kier molecular flexibility index (Phi) is 1.91. The molecule has 1 rings (SSSR count). The number of Topliss-reactive ketones (excluding diaryl/α,β-unsaturated/α-hetero) is 1. The Balaban J connectivity index is 2.87. The van der Waals surface area contributed by atoms with Gasteiger partial charge in [-0.05, 0) is 25.7 Å². The summed E-state index contributed by atoms with van der Waals surface area (Å²) in [7, 11) is 0. The third-order valence-electron chi connectivity index (χ3n) is 3.10. The second-order valence-electron chi connectivity index (χ2n) is 4.01. The van der Waals surface area contributed by atoms with Gasteiger partial charge in [-0.3, -0.25) is 4.79 Å². The highest BCUT2D eigenvalue weighted by Gasteiger charge is 2.41. The van der Waals surface area contributed by atoms with Gasteiger partial charge in [-0.2, -0.15) is 0 Å². The zero-order valence-electron chi connectivity index (χ0n) is 7.61. The van der Waals surface area contributed by atoms with Gasteiger partial charge in [0.25, 0.3) is 0 Å². The molecule has 0 amide bonds. The molecule has 1 heteroatoms. The molecule has 1 fully saturated rings. The van der Waals surface area contributed by atoms with E-state index in [0.29, 0.717) is 11.7 Å². The minimum absolute atomic E-state index is 0.114. The van der Waals surface area contributed by atoms with Gasteiger partial charge in [0, 0.05) is 5.41 Å². The van der Waals surface area contributed by atoms with Crippen LogP contribution in [0.4, 0.5) is 0 Å². The van der Waals surface area contributed by atoms with E-state index in [-0.39, 0.29) is 5.41 Å². The molecule has 0 unspecified atom stereocenters. The quantitative estimate of drug-likeness (QED) is 0.528. The zero-order chi connectivity index (χ0) is 8.65. The summed E-state index contributed by atoms with van der Waals surface area (Å²) >= 11 is 0. The van der Waals surface area contributed by atoms with Crippen molar-refractivity contribution >= 4 is 5.78 Å². The molecular formula is C10H16O. The molecule has 0 aliphatic heterocycles. The standard InChI is InChI=1S/C10H16O/c1-7-5-8(2)10(4,6-7)9(3)11/h8H,1,5-6H2,2-4H3/t8-,10+/m0/s1. The molecular weight excluding hydrogens is 136 g/mol. The summed E-state index contributed by atoms with van der Waals surface area (Å²) in [6, 6.07) is 0. The van der Waals surface area contributed by atoms with E-state index in [0.717, 1.165) is 12.8 Å². The highest BCUT2D eigenvalue weighted by atomic mass is 16.1. The zero-order valence-corrected chi connectivity index (χ0v) is 7.61. The van der Waals surface area contributed by atoms with Crippen LogP contribution in [0.3, 0.4) is 0 Å². The molecule has 1 aliphatic rings. The van der Waals surface area contributed by atoms with E-state index in [1.807, 2.05) is 0 Å². The van der Waals surface area contributed by atoms with Crippen LogP contribution in [0, 0.1) is 11.3 Å². The second-order valence-corrected chi connectivity index (χ2v) is 4.01. The fourth-order valence-electron chi connectivity index (χ4n) is 1.90. The number of rotatable bonds is 1. The Hall–Kier alpha value is -0.590. The van der Waals surface area contributed by atoms with Crippen LogP contribution < -0.4 is 0 Å². The van der Waals surface area contributed by atoms with Crippen LogP contribution in [-0.2, 0) is 4.79 Å². The highest BCUT2D eigenvalue weighted by Crippen LogP contribution is 2.45. The Bertz CT molecular complexity index is 205. The summed E-state index contributed by atoms with van der Waals surface area (Å²) in [6.45, 7) is 9.81. The fourth-order valence-corrected chi connectivity index (χ4v) is 1.90. The topological polar surface area (TPSA) is 17.1 Å². The Morgan fingerprint density at radius 1 is 1.73 bits per heavy atom. The monoisotopic (exact) mass is 152 g/mol. The van der Waals surface area contributed by atoms with Crippen molar-refractivity contribution in [2.24, 2.45) is 11.3 Å². The normalized spacial score (nSPS) is 37.7. The van der Waals surface area contributed by atoms with Crippen molar-refractivity contribution in [2.45, 2.75) is 33.6 Å². The van der Waals surface area contributed by atoms with Crippen molar-refractivity contribution in [3.63, 3.8) is 0 Å². The van der Waals surface area contributed by atoms with E-state index in [2.05, 4.69) is 20.4 Å². The van der Waals surface area contributed by atoms with Crippen molar-refractivity contribution in [3.8, 4) is 0 Å². The third-order valence-corrected chi connectivity index (χ3v) is 3.10. The van der Waals surface area contributed by atoms with Crippen molar-refractivity contribution in [2.75, 3.05) is 0 Å². The van der Waals surface area contributed by atoms with Gasteiger partial charge in [-0.15, -0.1) is 0 Å². The maximum Gasteiger partial charge on any atom is 0.136 e. The minimum Gasteiger partial charge on any atom is -0.299 e. The maximum atomic E-state index is 11.3. The molecule has 0 aromatic carbocycles. The van der Waals surface area contributed by atoms with E-state index < -0.39 is 0 Å². The van der Waals surface area contributed by atoms with E-state index in [4.69, 9.17) is 0 Å². The second kappa shape index (κ2) is 2.47. The molecule has 2 atom stereocenters. The van der Waals surface area contributed by atoms with E-state index in [1.54, 1.807) is 6.92 Å². The van der Waals surface area contributed by atoms with Gasteiger partial charge in [-0.25, -0.2) is 0 Å². The van der Waals surface area contributed by atoms with Gasteiger partial charge in [-0.1, -0.05) is 26.0 Å². The van der Waals surface area contributed by atoms with Gasteiger partial charge in [0.05, 0.1) is 0 Å². The minimum atomic E-state index is -0.114. The highest BCUT2D eigenvalue weighted by molar-refractivity contribution is 5.83. The number of hydrogen-bond donors (Lipinski definition) is 0. The lowest BCUT2D eigenvalue weighted by atomic mass is 9.78. The van der Waals surface area contributed by atoms with Gasteiger partial charge in [0.15, 0.2) is 0 Å². The molecule has 0 bridgehead atoms. The van der Waals surface area contributed by atoms with Crippen LogP contribution >= 0.6 is 0 Å². The van der Waals surface area contributed by atoms with Crippen molar-refractivity contribution < 1.29 is 4.79 Å². The summed E-state index contributed by atoms with van der Waals surface area (Å²) in [5, 5.41) is 0. The molecule has 1 nitrogen and oxygen atoms in total. The predicted octanol–water partition coefficient (Wildman–Crippen LogP) is 2.57. The maximum absolute atomic E-state index is 11.3. The number of carbonyl (C=O) groups excluding carboxylic acids is 1. The van der Waals surface area contributed by atoms with Crippen LogP contribution in [0.15, 0.2) is 12.2 Å². The van der Waals surface area contributed by atoms with Gasteiger partial charge >= 0.3 is 0 Å². The fraction of sp³-hybridized carbons (Fsp3) is 0.700. The third kappa shape index (κ3) is 1.24. The van der Waals surface area contributed by atoms with Crippen LogP contribution in [0.1, 0.15) is 33.6 Å². The molecule has 0 N–H and O–H groups in total. The Morgan fingerprint density at radius 2 is 2.27 bits per heavy atom. The molecule has 0 heterocycles. The van der Waals surface area contributed by atoms with Crippen molar-refractivity contribution in [3.05, 3.63) is 12.2 Å². The molecule has 0 radical (unpaired) electrons. The first kappa shape index (κ1) is 8.51. The lowest BCUT2D eigenvalue weighted by Crippen LogP contribution is -2.27. The van der Waals surface area contributed by atoms with Crippen LogP contribution in [0.25, 0.3) is 0 Å². The van der Waals surface area contributed by atoms with E-state index >= 15 is 0 Å². The number of allylic oxidation sites excluding steroid dienone is 1. The van der Waals surface area contributed by atoms with E-state index in [9.17, 15) is 4.79 Å². The smallest absolute Gasteiger partial charge is 0.136 e. The average molecular weight is 152 g/mol. The Labute approximate surface area is 68.5 Å². The Morgan fingerprint density at radius 3 is 2.45 bits per heavy atom. The summed E-state index contributed by atoms with van der Waals surface area (Å²) < 4.78 is 0. The number of ketones is 1. The largest absolute Gasteiger partial charge is 0.299 e. The number of carbonyl (C=O) groups is 1. The van der Waals surface area contributed by atoms with Gasteiger partial charge in [0.2, 0.25) is 0 Å². The summed E-state index contributed by atoms with van der Waals surface area (Å²) in [5.41, 5.74) is 1.12. The molecule has 0 saturated heterocycles. The first-order valence-electron chi connectivity index (χ1n) is 4.14. The van der Waals surface area contributed by atoms with Crippen molar-refractivity contribution in [1.29, 1.82) is 0 Å². The molecule has 11 heavy (non-hydrogen) atoms. The summed E-state index contributed by atoms with van der Waals surface area (Å²) in [5.74, 6) is 0.788.